The molecule has 0 unspecified atom stereocenters. The van der Waals surface area contributed by atoms with E-state index >= 15 is 0 Å². The maximum absolute atomic E-state index is 12.1. The average molecular weight is 478 g/mol. The number of amides is 1. The van der Waals surface area contributed by atoms with E-state index < -0.39 is 0 Å². The van der Waals surface area contributed by atoms with Crippen LogP contribution in [-0.4, -0.2) is 69.6 Å². The van der Waals surface area contributed by atoms with E-state index in [1.165, 1.54) is 16.7 Å². The molecule has 1 fully saturated rings. The molecule has 1 saturated heterocycles. The second-order valence-corrected chi connectivity index (χ2v) is 10.7. The van der Waals surface area contributed by atoms with Gasteiger partial charge < -0.3 is 14.8 Å². The molecule has 3 heterocycles. The van der Waals surface area contributed by atoms with Crippen molar-refractivity contribution < 1.29 is 4.79 Å². The molecule has 0 saturated carbocycles. The number of carbonyl (C=O) groups excluding carboxylic acids is 1. The van der Waals surface area contributed by atoms with Gasteiger partial charge in [0.15, 0.2) is 5.65 Å². The number of carbonyl (C=O) groups is 1. The number of imidazole rings is 1. The Bertz CT molecular complexity index is 1190. The Balaban J connectivity index is 1.56. The van der Waals surface area contributed by atoms with Gasteiger partial charge in [0.25, 0.3) is 0 Å². The molecule has 1 amide bonds. The van der Waals surface area contributed by atoms with Gasteiger partial charge >= 0.3 is 0 Å². The molecule has 0 bridgehead atoms. The van der Waals surface area contributed by atoms with Gasteiger partial charge in [-0.2, -0.15) is 4.98 Å². The maximum Gasteiger partial charge on any atom is 0.234 e. The number of hydrogen-bond donors (Lipinski definition) is 1. The second kappa shape index (κ2) is 10.3. The van der Waals surface area contributed by atoms with E-state index in [1.54, 1.807) is 0 Å². The molecular weight excluding hydrogens is 438 g/mol. The number of hydrogen-bond acceptors (Lipinski definition) is 6. The Labute approximate surface area is 208 Å². The third-order valence-electron chi connectivity index (χ3n) is 6.80. The lowest BCUT2D eigenvalue weighted by molar-refractivity contribution is -0.122. The summed E-state index contributed by atoms with van der Waals surface area (Å²) in [5, 5.41) is 2.96. The van der Waals surface area contributed by atoms with Crippen LogP contribution in [0.2, 0.25) is 0 Å². The smallest absolute Gasteiger partial charge is 0.234 e. The van der Waals surface area contributed by atoms with E-state index in [9.17, 15) is 4.79 Å². The van der Waals surface area contributed by atoms with Gasteiger partial charge in [-0.1, -0.05) is 45.9 Å². The zero-order valence-corrected chi connectivity index (χ0v) is 22.1. The summed E-state index contributed by atoms with van der Waals surface area (Å²) in [6.45, 7) is 15.4. The zero-order chi connectivity index (χ0) is 25.2. The largest absolute Gasteiger partial charge is 0.355 e. The number of nitrogens with one attached hydrogen (secondary N) is 1. The lowest BCUT2D eigenvalue weighted by Gasteiger charge is -2.34. The third kappa shape index (κ3) is 5.81. The summed E-state index contributed by atoms with van der Waals surface area (Å²) in [6, 6.07) is 6.77. The topological polar surface area (TPSA) is 79.2 Å². The monoisotopic (exact) mass is 477 g/mol. The first kappa shape index (κ1) is 25.1. The van der Waals surface area contributed by atoms with Gasteiger partial charge in [0, 0.05) is 46.2 Å². The molecule has 0 spiro atoms. The van der Waals surface area contributed by atoms with Crippen molar-refractivity contribution in [3.63, 3.8) is 0 Å². The van der Waals surface area contributed by atoms with Crippen LogP contribution in [0.3, 0.4) is 0 Å². The van der Waals surface area contributed by atoms with Crippen molar-refractivity contribution >= 4 is 23.0 Å². The van der Waals surface area contributed by atoms with E-state index in [1.807, 2.05) is 17.9 Å². The molecule has 2 aromatic heterocycles. The van der Waals surface area contributed by atoms with Crippen LogP contribution in [0, 0.1) is 6.92 Å². The average Bonchev–Trinajstić information content (AvgIpc) is 3.19. The number of fused-ring (bicyclic) bond motifs is 1. The van der Waals surface area contributed by atoms with Crippen LogP contribution in [0.4, 0.5) is 5.95 Å². The minimum Gasteiger partial charge on any atom is -0.355 e. The molecule has 8 nitrogen and oxygen atoms in total. The summed E-state index contributed by atoms with van der Waals surface area (Å²) in [5.41, 5.74) is 6.69. The predicted molar refractivity (Wildman–Crippen MR) is 141 cm³/mol. The summed E-state index contributed by atoms with van der Waals surface area (Å²) in [5.74, 6) is 0.826. The van der Waals surface area contributed by atoms with E-state index in [2.05, 4.69) is 72.9 Å². The van der Waals surface area contributed by atoms with Crippen molar-refractivity contribution in [1.29, 1.82) is 0 Å². The van der Waals surface area contributed by atoms with E-state index in [-0.39, 0.29) is 11.3 Å². The van der Waals surface area contributed by atoms with Crippen LogP contribution < -0.4 is 10.2 Å². The van der Waals surface area contributed by atoms with Crippen molar-refractivity contribution in [2.24, 2.45) is 7.05 Å². The molecule has 1 aliphatic rings. The van der Waals surface area contributed by atoms with Crippen molar-refractivity contribution in [3.05, 3.63) is 46.9 Å². The molecule has 3 aromatic rings. The Hall–Kier alpha value is -3.00. The zero-order valence-electron chi connectivity index (χ0n) is 22.1. The summed E-state index contributed by atoms with van der Waals surface area (Å²) < 4.78 is 2.02. The molecule has 0 atom stereocenters. The predicted octanol–water partition coefficient (Wildman–Crippen LogP) is 3.21. The standard InChI is InChI=1S/C27H39N7O/c1-7-10-28-23(35)17-33-11-13-34(14-12-33)26-30-22(24-25(31-26)29-18-32(24)6)16-20-15-21(27(3,4)5)9-8-19(20)2/h8-9,15,18H,7,10-14,16-17H2,1-6H3,(H,28,35). The highest BCUT2D eigenvalue weighted by Gasteiger charge is 2.23. The number of aryl methyl sites for hydroxylation is 2. The molecular formula is C27H39N7O. The van der Waals surface area contributed by atoms with Gasteiger partial charge in [-0.15, -0.1) is 0 Å². The van der Waals surface area contributed by atoms with Gasteiger partial charge in [-0.25, -0.2) is 9.97 Å². The quantitative estimate of drug-likeness (QED) is 0.563. The number of aromatic nitrogens is 4. The lowest BCUT2D eigenvalue weighted by Crippen LogP contribution is -2.50. The van der Waals surface area contributed by atoms with Crippen molar-refractivity contribution in [2.75, 3.05) is 44.2 Å². The normalized spacial score (nSPS) is 15.1. The first-order chi connectivity index (χ1) is 16.7. The van der Waals surface area contributed by atoms with Crippen molar-refractivity contribution in [3.8, 4) is 0 Å². The van der Waals surface area contributed by atoms with Gasteiger partial charge in [-0.3, -0.25) is 9.69 Å². The summed E-state index contributed by atoms with van der Waals surface area (Å²) in [6.07, 6.45) is 3.51. The van der Waals surface area contributed by atoms with Crippen molar-refractivity contribution in [1.82, 2.24) is 29.7 Å². The molecule has 4 rings (SSSR count). The van der Waals surface area contributed by atoms with Gasteiger partial charge in [0.2, 0.25) is 11.9 Å². The minimum atomic E-state index is 0.0915. The molecule has 35 heavy (non-hydrogen) atoms. The van der Waals surface area contributed by atoms with Gasteiger partial charge in [0.05, 0.1) is 18.6 Å². The van der Waals surface area contributed by atoms with Crippen LogP contribution in [0.5, 0.6) is 0 Å². The Morgan fingerprint density at radius 2 is 1.86 bits per heavy atom. The number of benzene rings is 1. The fourth-order valence-electron chi connectivity index (χ4n) is 4.53. The van der Waals surface area contributed by atoms with Crippen LogP contribution in [0.15, 0.2) is 24.5 Å². The Morgan fingerprint density at radius 1 is 1.11 bits per heavy atom. The molecule has 0 aliphatic carbocycles. The number of nitrogens with zero attached hydrogens (tertiary/aromatic N) is 6. The molecule has 1 N–H and O–H groups in total. The summed E-state index contributed by atoms with van der Waals surface area (Å²) in [7, 11) is 2.00. The lowest BCUT2D eigenvalue weighted by atomic mass is 9.84. The number of rotatable bonds is 7. The highest BCUT2D eigenvalue weighted by molar-refractivity contribution is 5.78. The van der Waals surface area contributed by atoms with Crippen LogP contribution in [0.1, 0.15) is 56.5 Å². The first-order valence-electron chi connectivity index (χ1n) is 12.7. The number of piperazine rings is 1. The highest BCUT2D eigenvalue weighted by atomic mass is 16.2. The highest BCUT2D eigenvalue weighted by Crippen LogP contribution is 2.27. The fourth-order valence-corrected chi connectivity index (χ4v) is 4.53. The summed E-state index contributed by atoms with van der Waals surface area (Å²) >= 11 is 0. The molecule has 188 valence electrons. The van der Waals surface area contributed by atoms with Gasteiger partial charge in [-0.05, 0) is 35.4 Å². The maximum atomic E-state index is 12.1. The molecule has 1 aromatic carbocycles. The third-order valence-corrected chi connectivity index (χ3v) is 6.80. The van der Waals surface area contributed by atoms with Crippen LogP contribution in [0.25, 0.3) is 11.2 Å². The van der Waals surface area contributed by atoms with E-state index in [0.717, 1.165) is 68.4 Å². The van der Waals surface area contributed by atoms with Crippen molar-refractivity contribution in [2.45, 2.75) is 52.9 Å². The number of anilines is 1. The summed E-state index contributed by atoms with van der Waals surface area (Å²) in [4.78, 5) is 31.0. The van der Waals surface area contributed by atoms with Gasteiger partial charge in [0.1, 0.15) is 5.52 Å². The fraction of sp³-hybridized carbons (Fsp3) is 0.556. The minimum absolute atomic E-state index is 0.0915. The molecule has 8 heteroatoms. The molecule has 0 radical (unpaired) electrons. The SMILES string of the molecule is CCCNC(=O)CN1CCN(c2nc(Cc3cc(C(C)(C)C)ccc3C)c3c(ncn3C)n2)CC1. The molecule has 1 aliphatic heterocycles. The van der Waals surface area contributed by atoms with Crippen LogP contribution >= 0.6 is 0 Å². The Morgan fingerprint density at radius 3 is 2.54 bits per heavy atom. The first-order valence-corrected chi connectivity index (χ1v) is 12.7. The Kier molecular flexibility index (Phi) is 7.40. The van der Waals surface area contributed by atoms with Crippen LogP contribution in [-0.2, 0) is 23.7 Å². The van der Waals surface area contributed by atoms with E-state index in [4.69, 9.17) is 9.97 Å². The second-order valence-electron chi connectivity index (χ2n) is 10.7. The van der Waals surface area contributed by atoms with E-state index in [0.29, 0.717) is 6.54 Å².